The van der Waals surface area contributed by atoms with E-state index >= 15 is 0 Å². The molecule has 2 rings (SSSR count). The maximum absolute atomic E-state index is 10.3. The Balaban J connectivity index is 1.80. The van der Waals surface area contributed by atoms with E-state index in [2.05, 4.69) is 43.4 Å². The molecule has 2 heteroatoms. The molecule has 0 amide bonds. The topological polar surface area (TPSA) is 32.3 Å². The lowest BCUT2D eigenvalue weighted by Crippen LogP contribution is -2.32. The van der Waals surface area contributed by atoms with Gasteiger partial charge in [0.05, 0.1) is 6.10 Å². The summed E-state index contributed by atoms with van der Waals surface area (Å²) in [7, 11) is 0. The van der Waals surface area contributed by atoms with Gasteiger partial charge in [-0.2, -0.15) is 0 Å². The third-order valence-electron chi connectivity index (χ3n) is 4.46. The fourth-order valence-electron chi connectivity index (χ4n) is 3.23. The quantitative estimate of drug-likeness (QED) is 0.768. The summed E-state index contributed by atoms with van der Waals surface area (Å²) in [5.74, 6) is 0.678. The molecule has 0 aromatic heterocycles. The van der Waals surface area contributed by atoms with Crippen molar-refractivity contribution in [1.82, 2.24) is 5.32 Å². The van der Waals surface area contributed by atoms with Crippen LogP contribution in [0.4, 0.5) is 0 Å². The van der Waals surface area contributed by atoms with Crippen LogP contribution in [0.3, 0.4) is 0 Å². The van der Waals surface area contributed by atoms with Crippen LogP contribution in [0.2, 0.25) is 0 Å². The van der Waals surface area contributed by atoms with Gasteiger partial charge in [0, 0.05) is 12.6 Å². The first-order chi connectivity index (χ1) is 10.1. The predicted octanol–water partition coefficient (Wildman–Crippen LogP) is 4.23. The first-order valence-electron chi connectivity index (χ1n) is 8.65. The van der Waals surface area contributed by atoms with Gasteiger partial charge in [-0.3, -0.25) is 0 Å². The van der Waals surface area contributed by atoms with Gasteiger partial charge in [0.1, 0.15) is 0 Å². The van der Waals surface area contributed by atoms with Gasteiger partial charge in [0.25, 0.3) is 0 Å². The van der Waals surface area contributed by atoms with Gasteiger partial charge in [-0.05, 0) is 36.3 Å². The van der Waals surface area contributed by atoms with Gasteiger partial charge in [0.2, 0.25) is 0 Å². The highest BCUT2D eigenvalue weighted by Gasteiger charge is 2.14. The standard InChI is InChI=1S/C19H31NO/c1-15(2)13-16-9-11-17(12-10-16)19(21)14-20-18-7-5-3-4-6-8-18/h9-12,15,18-21H,3-8,13-14H2,1-2H3. The molecule has 21 heavy (non-hydrogen) atoms. The lowest BCUT2D eigenvalue weighted by molar-refractivity contribution is 0.168. The third kappa shape index (κ3) is 5.80. The molecule has 1 aromatic carbocycles. The van der Waals surface area contributed by atoms with E-state index in [0.717, 1.165) is 12.0 Å². The summed E-state index contributed by atoms with van der Waals surface area (Å²) in [6.45, 7) is 5.15. The molecule has 1 unspecified atom stereocenters. The number of aliphatic hydroxyl groups excluding tert-OH is 1. The molecule has 0 aliphatic heterocycles. The predicted molar refractivity (Wildman–Crippen MR) is 89.4 cm³/mol. The number of benzene rings is 1. The van der Waals surface area contributed by atoms with Crippen molar-refractivity contribution >= 4 is 0 Å². The molecule has 0 radical (unpaired) electrons. The van der Waals surface area contributed by atoms with E-state index in [1.807, 2.05) is 0 Å². The van der Waals surface area contributed by atoms with Crippen LogP contribution in [0.1, 0.15) is 69.6 Å². The molecule has 0 saturated heterocycles. The Morgan fingerprint density at radius 2 is 1.67 bits per heavy atom. The fourth-order valence-corrected chi connectivity index (χ4v) is 3.23. The van der Waals surface area contributed by atoms with E-state index in [9.17, 15) is 5.11 Å². The van der Waals surface area contributed by atoms with Crippen molar-refractivity contribution in [1.29, 1.82) is 0 Å². The van der Waals surface area contributed by atoms with Crippen molar-refractivity contribution in [2.45, 2.75) is 70.9 Å². The summed E-state index contributed by atoms with van der Waals surface area (Å²) < 4.78 is 0. The summed E-state index contributed by atoms with van der Waals surface area (Å²) in [5.41, 5.74) is 2.39. The minimum atomic E-state index is -0.388. The smallest absolute Gasteiger partial charge is 0.0914 e. The highest BCUT2D eigenvalue weighted by molar-refractivity contribution is 5.24. The van der Waals surface area contributed by atoms with Gasteiger partial charge in [-0.25, -0.2) is 0 Å². The second-order valence-corrected chi connectivity index (χ2v) is 6.95. The molecular formula is C19H31NO. The number of aliphatic hydroxyl groups is 1. The molecule has 1 aliphatic rings. The van der Waals surface area contributed by atoms with E-state index in [1.54, 1.807) is 0 Å². The Morgan fingerprint density at radius 1 is 1.05 bits per heavy atom. The highest BCUT2D eigenvalue weighted by atomic mass is 16.3. The zero-order valence-corrected chi connectivity index (χ0v) is 13.6. The Labute approximate surface area is 130 Å². The number of hydrogen-bond acceptors (Lipinski definition) is 2. The van der Waals surface area contributed by atoms with Crippen LogP contribution in [0.15, 0.2) is 24.3 Å². The van der Waals surface area contributed by atoms with Crippen molar-refractivity contribution in [3.05, 3.63) is 35.4 Å². The molecule has 1 fully saturated rings. The van der Waals surface area contributed by atoms with Crippen molar-refractivity contribution in [2.75, 3.05) is 6.54 Å². The molecule has 1 aromatic rings. The lowest BCUT2D eigenvalue weighted by Gasteiger charge is -2.19. The molecule has 0 bridgehead atoms. The molecule has 2 N–H and O–H groups in total. The molecule has 1 saturated carbocycles. The summed E-state index contributed by atoms with van der Waals surface area (Å²) in [6.07, 6.45) is 8.66. The summed E-state index contributed by atoms with van der Waals surface area (Å²) in [4.78, 5) is 0. The Bertz CT molecular complexity index is 391. The summed E-state index contributed by atoms with van der Waals surface area (Å²) in [6, 6.07) is 9.07. The Hall–Kier alpha value is -0.860. The number of rotatable bonds is 6. The van der Waals surface area contributed by atoms with Crippen LogP contribution in [0.5, 0.6) is 0 Å². The van der Waals surface area contributed by atoms with E-state index in [4.69, 9.17) is 0 Å². The molecule has 1 aliphatic carbocycles. The minimum absolute atomic E-state index is 0.388. The molecule has 118 valence electrons. The summed E-state index contributed by atoms with van der Waals surface area (Å²) >= 11 is 0. The van der Waals surface area contributed by atoms with Crippen LogP contribution >= 0.6 is 0 Å². The fraction of sp³-hybridized carbons (Fsp3) is 0.684. The van der Waals surface area contributed by atoms with Crippen LogP contribution in [-0.4, -0.2) is 17.7 Å². The molecular weight excluding hydrogens is 258 g/mol. The molecule has 2 nitrogen and oxygen atoms in total. The van der Waals surface area contributed by atoms with Gasteiger partial charge < -0.3 is 10.4 Å². The largest absolute Gasteiger partial charge is 0.387 e. The van der Waals surface area contributed by atoms with E-state index in [-0.39, 0.29) is 6.10 Å². The van der Waals surface area contributed by atoms with Gasteiger partial charge in [0.15, 0.2) is 0 Å². The maximum Gasteiger partial charge on any atom is 0.0914 e. The SMILES string of the molecule is CC(C)Cc1ccc(C(O)CNC2CCCCCC2)cc1. The highest BCUT2D eigenvalue weighted by Crippen LogP contribution is 2.19. The van der Waals surface area contributed by atoms with Gasteiger partial charge >= 0.3 is 0 Å². The third-order valence-corrected chi connectivity index (χ3v) is 4.46. The monoisotopic (exact) mass is 289 g/mol. The van der Waals surface area contributed by atoms with Crippen LogP contribution < -0.4 is 5.32 Å². The van der Waals surface area contributed by atoms with E-state index in [1.165, 1.54) is 44.1 Å². The molecule has 0 spiro atoms. The second-order valence-electron chi connectivity index (χ2n) is 6.95. The van der Waals surface area contributed by atoms with Crippen LogP contribution in [0, 0.1) is 5.92 Å². The first-order valence-corrected chi connectivity index (χ1v) is 8.65. The number of hydrogen-bond donors (Lipinski definition) is 2. The average Bonchev–Trinajstić information content (AvgIpc) is 2.73. The van der Waals surface area contributed by atoms with Crippen molar-refractivity contribution in [2.24, 2.45) is 5.92 Å². The zero-order chi connectivity index (χ0) is 15.1. The lowest BCUT2D eigenvalue weighted by atomic mass is 10.00. The van der Waals surface area contributed by atoms with Gasteiger partial charge in [-0.1, -0.05) is 63.8 Å². The Morgan fingerprint density at radius 3 is 2.24 bits per heavy atom. The average molecular weight is 289 g/mol. The molecule has 1 atom stereocenters. The minimum Gasteiger partial charge on any atom is -0.387 e. The van der Waals surface area contributed by atoms with Crippen LogP contribution in [-0.2, 0) is 6.42 Å². The van der Waals surface area contributed by atoms with Gasteiger partial charge in [-0.15, -0.1) is 0 Å². The molecule has 0 heterocycles. The maximum atomic E-state index is 10.3. The van der Waals surface area contributed by atoms with E-state index in [0.29, 0.717) is 18.5 Å². The first kappa shape index (κ1) is 16.5. The van der Waals surface area contributed by atoms with Crippen molar-refractivity contribution < 1.29 is 5.11 Å². The second kappa shape index (κ2) is 8.55. The normalized spacial score (nSPS) is 18.7. The van der Waals surface area contributed by atoms with Crippen molar-refractivity contribution in [3.63, 3.8) is 0 Å². The van der Waals surface area contributed by atoms with Crippen molar-refractivity contribution in [3.8, 4) is 0 Å². The van der Waals surface area contributed by atoms with Crippen LogP contribution in [0.25, 0.3) is 0 Å². The number of nitrogens with one attached hydrogen (secondary N) is 1. The Kier molecular flexibility index (Phi) is 6.72. The zero-order valence-electron chi connectivity index (χ0n) is 13.6. The van der Waals surface area contributed by atoms with E-state index < -0.39 is 0 Å². The summed E-state index contributed by atoms with van der Waals surface area (Å²) in [5, 5.41) is 13.9.